The minimum atomic E-state index is -0.322. The molecule has 2 heterocycles. The molecular formula is C27H24F2N4O. The molecule has 1 aromatic heterocycles. The predicted octanol–water partition coefficient (Wildman–Crippen LogP) is 5.33. The van der Waals surface area contributed by atoms with Crippen molar-refractivity contribution in [2.75, 3.05) is 16.8 Å². The molecule has 7 heteroatoms. The number of nitrogens with one attached hydrogen (secondary N) is 2. The molecule has 1 amide bonds. The number of aromatic nitrogens is 2. The smallest absolute Gasteiger partial charge is 0.228 e. The Bertz CT molecular complexity index is 1320. The first-order valence-electron chi connectivity index (χ1n) is 11.2. The van der Waals surface area contributed by atoms with Gasteiger partial charge in [-0.2, -0.15) is 5.10 Å². The summed E-state index contributed by atoms with van der Waals surface area (Å²) in [6.45, 7) is 2.77. The lowest BCUT2D eigenvalue weighted by atomic mass is 9.97. The molecule has 0 fully saturated rings. The van der Waals surface area contributed by atoms with E-state index >= 15 is 0 Å². The number of anilines is 2. The molecule has 0 spiro atoms. The zero-order valence-corrected chi connectivity index (χ0v) is 18.7. The lowest BCUT2D eigenvalue weighted by Crippen LogP contribution is -2.28. The fourth-order valence-corrected chi connectivity index (χ4v) is 4.57. The van der Waals surface area contributed by atoms with Crippen LogP contribution in [0.25, 0.3) is 0 Å². The Labute approximate surface area is 196 Å². The third-order valence-corrected chi connectivity index (χ3v) is 6.23. The summed E-state index contributed by atoms with van der Waals surface area (Å²) in [5, 5.41) is 10.2. The largest absolute Gasteiger partial charge is 0.360 e. The van der Waals surface area contributed by atoms with Gasteiger partial charge < -0.3 is 10.2 Å². The first-order chi connectivity index (χ1) is 16.5. The van der Waals surface area contributed by atoms with Crippen LogP contribution in [0.4, 0.5) is 20.2 Å². The summed E-state index contributed by atoms with van der Waals surface area (Å²) in [5.41, 5.74) is 6.67. The number of nitrogens with zero attached hydrogens (tertiary/aromatic N) is 2. The van der Waals surface area contributed by atoms with Crippen molar-refractivity contribution < 1.29 is 13.6 Å². The highest BCUT2D eigenvalue weighted by Gasteiger charge is 2.30. The van der Waals surface area contributed by atoms with Gasteiger partial charge in [0.1, 0.15) is 11.6 Å². The molecule has 0 radical (unpaired) electrons. The second-order valence-corrected chi connectivity index (χ2v) is 8.54. The van der Waals surface area contributed by atoms with Gasteiger partial charge in [-0.15, -0.1) is 0 Å². The van der Waals surface area contributed by atoms with E-state index in [9.17, 15) is 13.6 Å². The van der Waals surface area contributed by atoms with E-state index < -0.39 is 0 Å². The molecule has 3 aromatic carbocycles. The molecule has 0 aliphatic carbocycles. The predicted molar refractivity (Wildman–Crippen MR) is 128 cm³/mol. The first-order valence-corrected chi connectivity index (χ1v) is 11.2. The number of benzene rings is 3. The van der Waals surface area contributed by atoms with Crippen LogP contribution in [-0.4, -0.2) is 22.6 Å². The molecule has 0 saturated carbocycles. The maximum atomic E-state index is 13.6. The Kier molecular flexibility index (Phi) is 5.84. The van der Waals surface area contributed by atoms with Crippen LogP contribution in [0.3, 0.4) is 0 Å². The Balaban J connectivity index is 1.38. The maximum Gasteiger partial charge on any atom is 0.228 e. The summed E-state index contributed by atoms with van der Waals surface area (Å²) >= 11 is 0. The summed E-state index contributed by atoms with van der Waals surface area (Å²) in [4.78, 5) is 14.8. The Hall–Kier alpha value is -4.00. The average molecular weight is 459 g/mol. The van der Waals surface area contributed by atoms with Gasteiger partial charge in [0.25, 0.3) is 0 Å². The number of rotatable bonds is 6. The van der Waals surface area contributed by atoms with E-state index in [4.69, 9.17) is 0 Å². The topological polar surface area (TPSA) is 61.0 Å². The van der Waals surface area contributed by atoms with Gasteiger partial charge in [-0.3, -0.25) is 9.89 Å². The normalized spacial score (nSPS) is 13.6. The zero-order valence-electron chi connectivity index (χ0n) is 18.7. The number of fused-ring (bicyclic) bond motifs is 1. The van der Waals surface area contributed by atoms with E-state index in [2.05, 4.69) is 20.4 Å². The van der Waals surface area contributed by atoms with Crippen LogP contribution in [0.5, 0.6) is 0 Å². The molecule has 172 valence electrons. The number of carbonyl (C=O) groups excluding carboxylic acids is 1. The Morgan fingerprint density at radius 2 is 1.76 bits per heavy atom. The number of H-pyrrole nitrogens is 1. The van der Waals surface area contributed by atoms with Crippen LogP contribution in [0.2, 0.25) is 0 Å². The van der Waals surface area contributed by atoms with Gasteiger partial charge in [0.15, 0.2) is 0 Å². The van der Waals surface area contributed by atoms with Crippen LogP contribution in [0.1, 0.15) is 34.0 Å². The van der Waals surface area contributed by atoms with E-state index in [1.54, 1.807) is 12.1 Å². The highest BCUT2D eigenvalue weighted by atomic mass is 19.1. The van der Waals surface area contributed by atoms with Crippen molar-refractivity contribution in [2.45, 2.75) is 25.8 Å². The molecule has 5 rings (SSSR count). The number of aromatic amines is 1. The van der Waals surface area contributed by atoms with Crippen molar-refractivity contribution in [3.8, 4) is 0 Å². The van der Waals surface area contributed by atoms with Gasteiger partial charge in [-0.1, -0.05) is 24.3 Å². The van der Waals surface area contributed by atoms with Gasteiger partial charge in [0, 0.05) is 29.2 Å². The van der Waals surface area contributed by atoms with Crippen LogP contribution >= 0.6 is 0 Å². The Morgan fingerprint density at radius 3 is 2.44 bits per heavy atom. The number of hydrogen-bond acceptors (Lipinski definition) is 3. The van der Waals surface area contributed by atoms with E-state index in [-0.39, 0.29) is 30.0 Å². The number of aryl methyl sites for hydroxylation is 1. The molecule has 0 saturated heterocycles. The fourth-order valence-electron chi connectivity index (χ4n) is 4.57. The number of amides is 1. The highest BCUT2D eigenvalue weighted by Crippen LogP contribution is 2.40. The third kappa shape index (κ3) is 4.41. The highest BCUT2D eigenvalue weighted by molar-refractivity contribution is 5.92. The monoisotopic (exact) mass is 458 g/mol. The summed E-state index contributed by atoms with van der Waals surface area (Å²) in [7, 11) is 0. The Morgan fingerprint density at radius 1 is 1.06 bits per heavy atom. The van der Waals surface area contributed by atoms with Gasteiger partial charge in [0.2, 0.25) is 5.91 Å². The maximum absolute atomic E-state index is 13.6. The van der Waals surface area contributed by atoms with Crippen molar-refractivity contribution in [2.24, 2.45) is 0 Å². The van der Waals surface area contributed by atoms with Crippen molar-refractivity contribution in [3.05, 3.63) is 113 Å². The molecule has 1 aliphatic rings. The molecule has 4 aromatic rings. The quantitative estimate of drug-likeness (QED) is 0.411. The molecule has 0 bridgehead atoms. The standard InChI is InChI=1S/C27H24F2N4O/c1-17-24(16-30-32-17)27(19-4-8-22(29)9-5-19)33-13-12-20-15-23(10-11-25(20)33)31-26(34)14-18-2-6-21(28)7-3-18/h2-11,15-16,27H,12-14H2,1H3,(H,30,32)(H,31,34). The molecule has 1 aliphatic heterocycles. The molecule has 34 heavy (non-hydrogen) atoms. The summed E-state index contributed by atoms with van der Waals surface area (Å²) in [5.74, 6) is -0.745. The van der Waals surface area contributed by atoms with Gasteiger partial charge in [0.05, 0.1) is 18.7 Å². The molecule has 2 N–H and O–H groups in total. The van der Waals surface area contributed by atoms with Crippen molar-refractivity contribution in [1.29, 1.82) is 0 Å². The molecular weight excluding hydrogens is 434 g/mol. The summed E-state index contributed by atoms with van der Waals surface area (Å²) in [6, 6.07) is 18.3. The fraction of sp³-hybridized carbons (Fsp3) is 0.185. The number of hydrogen-bond donors (Lipinski definition) is 2. The van der Waals surface area contributed by atoms with E-state index in [1.165, 1.54) is 24.3 Å². The summed E-state index contributed by atoms with van der Waals surface area (Å²) < 4.78 is 26.7. The molecule has 5 nitrogen and oxygen atoms in total. The van der Waals surface area contributed by atoms with Gasteiger partial charge >= 0.3 is 0 Å². The van der Waals surface area contributed by atoms with Crippen molar-refractivity contribution in [3.63, 3.8) is 0 Å². The van der Waals surface area contributed by atoms with Crippen LogP contribution in [0.15, 0.2) is 72.9 Å². The minimum absolute atomic E-state index is 0.112. The van der Waals surface area contributed by atoms with E-state index in [0.29, 0.717) is 0 Å². The number of halogens is 2. The second-order valence-electron chi connectivity index (χ2n) is 8.54. The minimum Gasteiger partial charge on any atom is -0.360 e. The van der Waals surface area contributed by atoms with Gasteiger partial charge in [-0.05, 0) is 72.5 Å². The lowest BCUT2D eigenvalue weighted by molar-refractivity contribution is -0.115. The SMILES string of the molecule is Cc1[nH]ncc1C(c1ccc(F)cc1)N1CCc2cc(NC(=O)Cc3ccc(F)cc3)ccc21. The second kappa shape index (κ2) is 9.09. The molecule has 1 atom stereocenters. The van der Waals surface area contributed by atoms with Gasteiger partial charge in [-0.25, -0.2) is 8.78 Å². The van der Waals surface area contributed by atoms with E-state index in [0.717, 1.165) is 52.3 Å². The lowest BCUT2D eigenvalue weighted by Gasteiger charge is -2.31. The first kappa shape index (κ1) is 21.8. The third-order valence-electron chi connectivity index (χ3n) is 6.23. The zero-order chi connectivity index (χ0) is 23.7. The number of carbonyl (C=O) groups is 1. The van der Waals surface area contributed by atoms with Crippen molar-refractivity contribution in [1.82, 2.24) is 10.2 Å². The van der Waals surface area contributed by atoms with Crippen LogP contribution in [0, 0.1) is 18.6 Å². The average Bonchev–Trinajstić information content (AvgIpc) is 3.43. The van der Waals surface area contributed by atoms with Crippen LogP contribution in [-0.2, 0) is 17.6 Å². The van der Waals surface area contributed by atoms with Crippen LogP contribution < -0.4 is 10.2 Å². The van der Waals surface area contributed by atoms with Crippen molar-refractivity contribution >= 4 is 17.3 Å². The summed E-state index contributed by atoms with van der Waals surface area (Å²) in [6.07, 6.45) is 2.83. The van der Waals surface area contributed by atoms with E-state index in [1.807, 2.05) is 43.5 Å². The molecule has 1 unspecified atom stereocenters.